The normalized spacial score (nSPS) is 13.6. The lowest BCUT2D eigenvalue weighted by atomic mass is 9.97. The van der Waals surface area contributed by atoms with Gasteiger partial charge in [0.2, 0.25) is 5.91 Å². The number of amides is 2. The maximum atomic E-state index is 12.7. The molecule has 0 aliphatic carbocycles. The number of carbonyl (C=O) groups is 3. The Kier molecular flexibility index (Phi) is 9.51. The van der Waals surface area contributed by atoms with Crippen LogP contribution in [0.5, 0.6) is 0 Å². The molecule has 1 aromatic carbocycles. The van der Waals surface area contributed by atoms with Crippen LogP contribution in [0.1, 0.15) is 32.8 Å². The van der Waals surface area contributed by atoms with Gasteiger partial charge in [-0.2, -0.15) is 5.26 Å². The fourth-order valence-electron chi connectivity index (χ4n) is 2.49. The van der Waals surface area contributed by atoms with Gasteiger partial charge in [0, 0.05) is 12.3 Å². The monoisotopic (exact) mass is 389 g/mol. The fraction of sp³-hybridized carbons (Fsp3) is 0.500. The van der Waals surface area contributed by atoms with Gasteiger partial charge >= 0.3 is 12.1 Å². The highest BCUT2D eigenvalue weighted by molar-refractivity contribution is 5.90. The maximum Gasteiger partial charge on any atom is 0.408 e. The average Bonchev–Trinajstić information content (AvgIpc) is 2.68. The van der Waals surface area contributed by atoms with E-state index in [0.717, 1.165) is 5.56 Å². The Morgan fingerprint density at radius 2 is 1.71 bits per heavy atom. The number of nitrogens with one attached hydrogen (secondary N) is 2. The number of rotatable bonds is 9. The van der Waals surface area contributed by atoms with E-state index in [1.807, 2.05) is 36.4 Å². The predicted octanol–water partition coefficient (Wildman–Crippen LogP) is 2.14. The summed E-state index contributed by atoms with van der Waals surface area (Å²) in [5, 5.41) is 14.0. The van der Waals surface area contributed by atoms with Gasteiger partial charge in [-0.3, -0.25) is 4.79 Å². The molecule has 0 saturated heterocycles. The zero-order valence-corrected chi connectivity index (χ0v) is 16.6. The van der Waals surface area contributed by atoms with Crippen molar-refractivity contribution in [2.75, 3.05) is 7.11 Å². The standard InChI is InChI=1S/C20H27N3O5/c1-13(2)16(23-20(26)28-12-15-8-6-5-7-9-15)18(24)22-17(19(25)27-4)14(3)10-11-21/h5-9,13-14,16-17H,10,12H2,1-4H3,(H,22,24)(H,23,26)/t14-,16+,17+/m1/s1. The molecule has 0 aliphatic rings. The van der Waals surface area contributed by atoms with Crippen LogP contribution in [0.3, 0.4) is 0 Å². The number of benzene rings is 1. The number of methoxy groups -OCH3 is 1. The van der Waals surface area contributed by atoms with E-state index >= 15 is 0 Å². The number of hydrogen-bond donors (Lipinski definition) is 2. The quantitative estimate of drug-likeness (QED) is 0.625. The molecule has 0 spiro atoms. The first-order valence-corrected chi connectivity index (χ1v) is 9.02. The Hall–Kier alpha value is -3.08. The molecule has 0 radical (unpaired) electrons. The van der Waals surface area contributed by atoms with Crippen molar-refractivity contribution in [3.8, 4) is 6.07 Å². The molecule has 2 amide bonds. The lowest BCUT2D eigenvalue weighted by Gasteiger charge is -2.26. The molecule has 3 atom stereocenters. The van der Waals surface area contributed by atoms with Gasteiger partial charge < -0.3 is 20.1 Å². The summed E-state index contributed by atoms with van der Waals surface area (Å²) in [6, 6.07) is 9.22. The molecule has 0 aromatic heterocycles. The van der Waals surface area contributed by atoms with Crippen LogP contribution in [-0.4, -0.2) is 37.2 Å². The van der Waals surface area contributed by atoms with E-state index in [4.69, 9.17) is 14.7 Å². The molecule has 8 heteroatoms. The maximum absolute atomic E-state index is 12.7. The second kappa shape index (κ2) is 11.6. The Labute approximate surface area is 165 Å². The molecule has 0 bridgehead atoms. The van der Waals surface area contributed by atoms with Gasteiger partial charge in [0.25, 0.3) is 0 Å². The van der Waals surface area contributed by atoms with Gasteiger partial charge in [-0.1, -0.05) is 51.1 Å². The molecule has 1 aromatic rings. The van der Waals surface area contributed by atoms with Crippen molar-refractivity contribution in [1.82, 2.24) is 10.6 Å². The molecule has 8 nitrogen and oxygen atoms in total. The third-order valence-electron chi connectivity index (χ3n) is 4.17. The van der Waals surface area contributed by atoms with E-state index in [1.165, 1.54) is 7.11 Å². The number of esters is 1. The summed E-state index contributed by atoms with van der Waals surface area (Å²) in [6.07, 6.45) is -0.670. The van der Waals surface area contributed by atoms with Crippen molar-refractivity contribution in [3.63, 3.8) is 0 Å². The van der Waals surface area contributed by atoms with Crippen molar-refractivity contribution in [2.45, 2.75) is 45.9 Å². The first-order valence-electron chi connectivity index (χ1n) is 9.02. The zero-order chi connectivity index (χ0) is 21.1. The second-order valence-electron chi connectivity index (χ2n) is 6.78. The topological polar surface area (TPSA) is 118 Å². The van der Waals surface area contributed by atoms with Crippen molar-refractivity contribution >= 4 is 18.0 Å². The minimum Gasteiger partial charge on any atom is -0.467 e. The van der Waals surface area contributed by atoms with E-state index < -0.39 is 36.0 Å². The summed E-state index contributed by atoms with van der Waals surface area (Å²) in [6.45, 7) is 5.25. The number of carbonyl (C=O) groups excluding carboxylic acids is 3. The number of nitrogens with zero attached hydrogens (tertiary/aromatic N) is 1. The molecular formula is C20H27N3O5. The highest BCUT2D eigenvalue weighted by atomic mass is 16.5. The lowest BCUT2D eigenvalue weighted by Crippen LogP contribution is -2.55. The Bertz CT molecular complexity index is 700. The fourth-order valence-corrected chi connectivity index (χ4v) is 2.49. The van der Waals surface area contributed by atoms with Crippen LogP contribution < -0.4 is 10.6 Å². The lowest BCUT2D eigenvalue weighted by molar-refractivity contribution is -0.146. The van der Waals surface area contributed by atoms with Crippen molar-refractivity contribution in [2.24, 2.45) is 11.8 Å². The summed E-state index contributed by atoms with van der Waals surface area (Å²) >= 11 is 0. The third-order valence-corrected chi connectivity index (χ3v) is 4.17. The van der Waals surface area contributed by atoms with E-state index in [0.29, 0.717) is 0 Å². The smallest absolute Gasteiger partial charge is 0.408 e. The molecular weight excluding hydrogens is 362 g/mol. The van der Waals surface area contributed by atoms with Gasteiger partial charge in [-0.05, 0) is 11.5 Å². The minimum absolute atomic E-state index is 0.0684. The van der Waals surface area contributed by atoms with Crippen LogP contribution in [-0.2, 0) is 25.7 Å². The van der Waals surface area contributed by atoms with E-state index in [-0.39, 0.29) is 18.9 Å². The molecule has 28 heavy (non-hydrogen) atoms. The first-order chi connectivity index (χ1) is 13.3. The van der Waals surface area contributed by atoms with Gasteiger partial charge in [0.15, 0.2) is 0 Å². The Morgan fingerprint density at radius 3 is 2.25 bits per heavy atom. The van der Waals surface area contributed by atoms with Crippen LogP contribution in [0.25, 0.3) is 0 Å². The third kappa shape index (κ3) is 7.27. The van der Waals surface area contributed by atoms with Gasteiger partial charge in [0.1, 0.15) is 18.7 Å². The molecule has 2 N–H and O–H groups in total. The zero-order valence-electron chi connectivity index (χ0n) is 16.6. The van der Waals surface area contributed by atoms with Crippen LogP contribution in [0.15, 0.2) is 30.3 Å². The predicted molar refractivity (Wildman–Crippen MR) is 102 cm³/mol. The number of nitriles is 1. The van der Waals surface area contributed by atoms with Gasteiger partial charge in [0.05, 0.1) is 13.2 Å². The highest BCUT2D eigenvalue weighted by Crippen LogP contribution is 2.11. The molecule has 0 fully saturated rings. The van der Waals surface area contributed by atoms with Gasteiger partial charge in [-0.15, -0.1) is 0 Å². The van der Waals surface area contributed by atoms with Crippen LogP contribution in [0.4, 0.5) is 4.79 Å². The van der Waals surface area contributed by atoms with Crippen LogP contribution >= 0.6 is 0 Å². The minimum atomic E-state index is -0.986. The Morgan fingerprint density at radius 1 is 1.07 bits per heavy atom. The van der Waals surface area contributed by atoms with E-state index in [1.54, 1.807) is 20.8 Å². The largest absolute Gasteiger partial charge is 0.467 e. The number of ether oxygens (including phenoxy) is 2. The first kappa shape index (κ1) is 23.0. The van der Waals surface area contributed by atoms with Crippen molar-refractivity contribution in [1.29, 1.82) is 5.26 Å². The Balaban J connectivity index is 2.74. The summed E-state index contributed by atoms with van der Waals surface area (Å²) in [5.74, 6) is -1.90. The molecule has 1 rings (SSSR count). The highest BCUT2D eigenvalue weighted by Gasteiger charge is 2.32. The van der Waals surface area contributed by atoms with Crippen molar-refractivity contribution < 1.29 is 23.9 Å². The van der Waals surface area contributed by atoms with Gasteiger partial charge in [-0.25, -0.2) is 9.59 Å². The molecule has 0 unspecified atom stereocenters. The second-order valence-corrected chi connectivity index (χ2v) is 6.78. The molecule has 0 aliphatic heterocycles. The summed E-state index contributed by atoms with van der Waals surface area (Å²) in [5.41, 5.74) is 0.819. The van der Waals surface area contributed by atoms with Crippen molar-refractivity contribution in [3.05, 3.63) is 35.9 Å². The molecule has 152 valence electrons. The van der Waals surface area contributed by atoms with Crippen LogP contribution in [0.2, 0.25) is 0 Å². The van der Waals surface area contributed by atoms with Crippen LogP contribution in [0, 0.1) is 23.2 Å². The number of alkyl carbamates (subject to hydrolysis) is 1. The summed E-state index contributed by atoms with van der Waals surface area (Å²) < 4.78 is 9.87. The van der Waals surface area contributed by atoms with E-state index in [2.05, 4.69) is 10.6 Å². The summed E-state index contributed by atoms with van der Waals surface area (Å²) in [4.78, 5) is 36.7. The average molecular weight is 389 g/mol. The van der Waals surface area contributed by atoms with E-state index in [9.17, 15) is 14.4 Å². The molecule has 0 heterocycles. The summed E-state index contributed by atoms with van der Waals surface area (Å²) in [7, 11) is 1.21. The molecule has 0 saturated carbocycles. The SMILES string of the molecule is COC(=O)[C@@H](NC(=O)[C@@H](NC(=O)OCc1ccccc1)C(C)C)[C@H](C)CC#N. The number of hydrogen-bond acceptors (Lipinski definition) is 6.